The van der Waals surface area contributed by atoms with Crippen LogP contribution in [0.4, 0.5) is 17.2 Å². The lowest BCUT2D eigenvalue weighted by atomic mass is 10.2. The highest BCUT2D eigenvalue weighted by molar-refractivity contribution is 6.37. The second kappa shape index (κ2) is 23.1. The van der Waals surface area contributed by atoms with Crippen molar-refractivity contribution in [3.8, 4) is 0 Å². The number of hydrogen-bond donors (Lipinski definition) is 3. The zero-order valence-electron chi connectivity index (χ0n) is 30.7. The third kappa shape index (κ3) is 12.1. The van der Waals surface area contributed by atoms with Gasteiger partial charge in [-0.1, -0.05) is 77.1 Å². The number of imidazole rings is 1. The fraction of sp³-hybridized carbons (Fsp3) is 0.270. The summed E-state index contributed by atoms with van der Waals surface area (Å²) in [7, 11) is 0. The molecule has 4 aromatic heterocycles. The number of nitrogens with zero attached hydrogens (tertiary/aromatic N) is 10. The van der Waals surface area contributed by atoms with Crippen LogP contribution in [-0.2, 0) is 25.3 Å². The number of nitrogens with one attached hydrogen (secondary N) is 2. The van der Waals surface area contributed by atoms with E-state index in [1.165, 1.54) is 6.33 Å². The van der Waals surface area contributed by atoms with Crippen LogP contribution in [0.5, 0.6) is 0 Å². The first kappa shape index (κ1) is 44.5. The quantitative estimate of drug-likeness (QED) is 0.110. The number of H-pyrrole nitrogens is 1. The van der Waals surface area contributed by atoms with E-state index in [1.54, 1.807) is 43.4 Å². The Morgan fingerprint density at radius 1 is 0.768 bits per heavy atom. The smallest absolute Gasteiger partial charge is 0.176 e. The molecule has 0 saturated carbocycles. The van der Waals surface area contributed by atoms with Crippen molar-refractivity contribution in [3.63, 3.8) is 0 Å². The largest absolute Gasteiger partial charge is 0.368 e. The summed E-state index contributed by atoms with van der Waals surface area (Å²) in [5.74, 6) is 1.20. The topological polar surface area (TPSA) is 173 Å². The molecule has 0 spiro atoms. The lowest BCUT2D eigenvalue weighted by molar-refractivity contribution is 0.783. The average Bonchev–Trinajstić information content (AvgIpc) is 3.98. The number of benzene rings is 2. The molecule has 8 rings (SSSR count). The van der Waals surface area contributed by atoms with Gasteiger partial charge in [0, 0.05) is 69.6 Å². The molecule has 2 aliphatic heterocycles. The predicted molar refractivity (Wildman–Crippen MR) is 231 cm³/mol. The van der Waals surface area contributed by atoms with E-state index in [9.17, 15) is 0 Å². The molecule has 0 aliphatic carbocycles. The average molecular weight is 879 g/mol. The molecular weight excluding hydrogens is 839 g/mol. The number of alkyl halides is 1. The maximum absolute atomic E-state index is 6.22. The molecule has 294 valence electrons. The van der Waals surface area contributed by atoms with Gasteiger partial charge in [0.15, 0.2) is 22.1 Å². The van der Waals surface area contributed by atoms with Crippen LogP contribution in [0.3, 0.4) is 0 Å². The Morgan fingerprint density at radius 3 is 1.89 bits per heavy atom. The third-order valence-electron chi connectivity index (χ3n) is 7.43. The molecule has 0 atom stereocenters. The maximum Gasteiger partial charge on any atom is 0.176 e. The second-order valence-electron chi connectivity index (χ2n) is 11.3. The van der Waals surface area contributed by atoms with Crippen LogP contribution in [0.1, 0.15) is 43.3 Å². The number of aliphatic imine (C=N–C) groups is 2. The SMILES string of the molecule is CCN.CCN=c1ncn(Cc2c(Cl)cccc2Cl)c2nc[nH]c12.CCNc1ncnc2c1N=CC2.ClCc1c(Cl)cccc1Cl.Clc1ncnc2c1N=CC2. The van der Waals surface area contributed by atoms with Gasteiger partial charge in [-0.15, -0.1) is 11.6 Å². The van der Waals surface area contributed by atoms with Crippen molar-refractivity contribution in [2.24, 2.45) is 20.7 Å². The summed E-state index contributed by atoms with van der Waals surface area (Å²) in [6, 6.07) is 10.8. The van der Waals surface area contributed by atoms with Crippen molar-refractivity contribution in [1.82, 2.24) is 39.5 Å². The maximum atomic E-state index is 6.22. The van der Waals surface area contributed by atoms with Crippen molar-refractivity contribution < 1.29 is 0 Å². The van der Waals surface area contributed by atoms with Crippen molar-refractivity contribution in [3.05, 3.63) is 115 Å². The molecule has 0 unspecified atom stereocenters. The van der Waals surface area contributed by atoms with Gasteiger partial charge in [-0.05, 0) is 44.7 Å². The van der Waals surface area contributed by atoms with Gasteiger partial charge in [0.25, 0.3) is 0 Å². The zero-order valence-corrected chi connectivity index (χ0v) is 35.2. The first-order chi connectivity index (χ1) is 27.2. The molecule has 19 heteroatoms. The predicted octanol–water partition coefficient (Wildman–Crippen LogP) is 9.29. The highest BCUT2D eigenvalue weighted by Crippen LogP contribution is 2.30. The molecule has 0 bridgehead atoms. The molecule has 13 nitrogen and oxygen atoms in total. The van der Waals surface area contributed by atoms with Crippen LogP contribution in [-0.4, -0.2) is 71.5 Å². The van der Waals surface area contributed by atoms with E-state index in [4.69, 9.17) is 75.3 Å². The fourth-order valence-electron chi connectivity index (χ4n) is 4.92. The van der Waals surface area contributed by atoms with Crippen LogP contribution < -0.4 is 16.5 Å². The van der Waals surface area contributed by atoms with E-state index in [-0.39, 0.29) is 0 Å². The van der Waals surface area contributed by atoms with Gasteiger partial charge in [-0.2, -0.15) is 0 Å². The van der Waals surface area contributed by atoms with E-state index in [0.29, 0.717) is 49.7 Å². The number of fused-ring (bicyclic) bond motifs is 3. The molecule has 2 aromatic carbocycles. The highest BCUT2D eigenvalue weighted by Gasteiger charge is 2.13. The minimum absolute atomic E-state index is 0.360. The fourth-order valence-corrected chi connectivity index (χ4v) is 6.60. The molecule has 0 saturated heterocycles. The lowest BCUT2D eigenvalue weighted by Gasteiger charge is -2.10. The normalized spacial score (nSPS) is 11.9. The summed E-state index contributed by atoms with van der Waals surface area (Å²) in [6.07, 6.45) is 11.6. The standard InChI is InChI=1S/C14H13Cl2N5.C8H10N4.C7H5Cl3.C6H4ClN3.C2H7N/c1-2-17-13-12-14(19-7-18-12)21(8-20-13)6-9-10(15)4-3-5-11(9)16;1-2-9-8-7-6(3-4-10-7)11-5-12-8;8-4-5-6(9)2-1-3-7(5)10;7-6-5-4(1-2-8-5)9-3-10-6;1-2-3/h3-5,7-8H,2,6H2,1H3,(H,18,19);4-5H,2-3H2,1H3,(H,9,11,12);1-3H,4H2;2-3H,1H2;2-3H2,1H3. The van der Waals surface area contributed by atoms with E-state index >= 15 is 0 Å². The Morgan fingerprint density at radius 2 is 1.34 bits per heavy atom. The summed E-state index contributed by atoms with van der Waals surface area (Å²) >= 11 is 35.2. The van der Waals surface area contributed by atoms with Crippen LogP contribution in [0.15, 0.2) is 76.7 Å². The van der Waals surface area contributed by atoms with Gasteiger partial charge >= 0.3 is 0 Å². The first-order valence-corrected chi connectivity index (χ1v) is 19.7. The van der Waals surface area contributed by atoms with Gasteiger partial charge in [-0.3, -0.25) is 15.0 Å². The van der Waals surface area contributed by atoms with Crippen molar-refractivity contribution in [2.75, 3.05) is 25.0 Å². The second-order valence-corrected chi connectivity index (χ2v) is 13.5. The molecule has 6 aromatic rings. The van der Waals surface area contributed by atoms with Gasteiger partial charge < -0.3 is 20.6 Å². The number of nitrogens with two attached hydrogens (primary N) is 1. The lowest BCUT2D eigenvalue weighted by Crippen LogP contribution is -2.15. The number of anilines is 1. The third-order valence-corrected chi connectivity index (χ3v) is 9.39. The minimum Gasteiger partial charge on any atom is -0.368 e. The van der Waals surface area contributed by atoms with E-state index in [0.717, 1.165) is 76.8 Å². The van der Waals surface area contributed by atoms with Crippen LogP contribution >= 0.6 is 69.6 Å². The Kier molecular flexibility index (Phi) is 18.4. The highest BCUT2D eigenvalue weighted by atomic mass is 35.5. The zero-order chi connectivity index (χ0) is 40.5. The summed E-state index contributed by atoms with van der Waals surface area (Å²) in [5, 5.41) is 6.09. The van der Waals surface area contributed by atoms with E-state index in [1.807, 2.05) is 49.8 Å². The van der Waals surface area contributed by atoms with Crippen LogP contribution in [0.2, 0.25) is 25.2 Å². The van der Waals surface area contributed by atoms with Gasteiger partial charge in [-0.25, -0.2) is 29.9 Å². The van der Waals surface area contributed by atoms with Crippen LogP contribution in [0, 0.1) is 0 Å². The number of halogens is 6. The molecule has 2 aliphatic rings. The van der Waals surface area contributed by atoms with Gasteiger partial charge in [0.05, 0.1) is 36.5 Å². The molecule has 6 heterocycles. The molecular formula is C37H39Cl6N13. The monoisotopic (exact) mass is 875 g/mol. The molecule has 0 radical (unpaired) electrons. The molecule has 4 N–H and O–H groups in total. The Hall–Kier alpha value is -4.21. The van der Waals surface area contributed by atoms with Gasteiger partial charge in [0.2, 0.25) is 0 Å². The number of rotatable bonds is 6. The molecule has 56 heavy (non-hydrogen) atoms. The summed E-state index contributed by atoms with van der Waals surface area (Å²) in [5.41, 5.74) is 12.3. The number of aromatic nitrogens is 8. The molecule has 0 amide bonds. The molecule has 0 fully saturated rings. The Bertz CT molecular complexity index is 2280. The number of hydrogen-bond acceptors (Lipinski definition) is 11. The number of aromatic amines is 1. The summed E-state index contributed by atoms with van der Waals surface area (Å²) in [6.45, 7) is 8.68. The van der Waals surface area contributed by atoms with E-state index < -0.39 is 0 Å². The Labute approximate surface area is 354 Å². The van der Waals surface area contributed by atoms with Gasteiger partial charge in [0.1, 0.15) is 29.5 Å². The van der Waals surface area contributed by atoms with E-state index in [2.05, 4.69) is 55.2 Å². The first-order valence-electron chi connectivity index (χ1n) is 17.3. The van der Waals surface area contributed by atoms with Crippen molar-refractivity contribution in [2.45, 2.75) is 46.0 Å². The summed E-state index contributed by atoms with van der Waals surface area (Å²) < 4.78 is 1.90. The van der Waals surface area contributed by atoms with Crippen LogP contribution in [0.25, 0.3) is 11.2 Å². The van der Waals surface area contributed by atoms with Crippen molar-refractivity contribution in [1.29, 1.82) is 0 Å². The summed E-state index contributed by atoms with van der Waals surface area (Å²) in [4.78, 5) is 40.4. The Balaban J connectivity index is 0.000000171. The minimum atomic E-state index is 0.360. The van der Waals surface area contributed by atoms with Crippen molar-refractivity contribution >= 4 is 110 Å².